The molecule has 1 aliphatic rings. The molecule has 0 bridgehead atoms. The van der Waals surface area contributed by atoms with Crippen LogP contribution in [-0.2, 0) is 6.61 Å². The number of hydrogen-bond acceptors (Lipinski definition) is 5. The van der Waals surface area contributed by atoms with Crippen LogP contribution in [0.4, 0.5) is 5.69 Å². The van der Waals surface area contributed by atoms with Crippen molar-refractivity contribution in [3.63, 3.8) is 0 Å². The van der Waals surface area contributed by atoms with Gasteiger partial charge in [-0.25, -0.2) is 4.98 Å². The first-order valence-corrected chi connectivity index (χ1v) is 10.4. The van der Waals surface area contributed by atoms with Crippen molar-refractivity contribution >= 4 is 38.6 Å². The van der Waals surface area contributed by atoms with Crippen LogP contribution in [0, 0.1) is 5.41 Å². The molecular weight excluding hydrogens is 394 g/mol. The lowest BCUT2D eigenvalue weighted by molar-refractivity contribution is 0.306. The summed E-state index contributed by atoms with van der Waals surface area (Å²) in [6, 6.07) is 25.4. The zero-order valence-corrected chi connectivity index (χ0v) is 16.9. The molecule has 0 spiro atoms. The van der Waals surface area contributed by atoms with E-state index in [-0.39, 0.29) is 18.1 Å². The first-order valence-electron chi connectivity index (χ1n) is 9.60. The second-order valence-electron chi connectivity index (χ2n) is 7.01. The Bertz CT molecular complexity index is 1230. The molecule has 0 atom stereocenters. The van der Waals surface area contributed by atoms with Crippen molar-refractivity contribution in [1.82, 2.24) is 4.98 Å². The van der Waals surface area contributed by atoms with Gasteiger partial charge in [0, 0.05) is 11.8 Å². The van der Waals surface area contributed by atoms with Crippen molar-refractivity contribution in [1.29, 1.82) is 5.41 Å². The number of nitrogens with zero attached hydrogens (tertiary/aromatic N) is 2. The van der Waals surface area contributed by atoms with Gasteiger partial charge in [-0.1, -0.05) is 48.5 Å². The molecule has 0 aliphatic carbocycles. The van der Waals surface area contributed by atoms with Gasteiger partial charge in [-0.05, 0) is 29.8 Å². The summed E-state index contributed by atoms with van der Waals surface area (Å²) in [7, 11) is 0. The molecule has 30 heavy (non-hydrogen) atoms. The Morgan fingerprint density at radius 1 is 1.00 bits per heavy atom. The van der Waals surface area contributed by atoms with E-state index in [1.807, 2.05) is 78.9 Å². The third-order valence-electron chi connectivity index (χ3n) is 4.99. The number of ether oxygens (including phenoxy) is 1. The van der Waals surface area contributed by atoms with Gasteiger partial charge in [-0.15, -0.1) is 11.3 Å². The quantitative estimate of drug-likeness (QED) is 0.444. The van der Waals surface area contributed by atoms with Crippen LogP contribution >= 0.6 is 11.3 Å². The Balaban J connectivity index is 1.37. The fourth-order valence-corrected chi connectivity index (χ4v) is 4.52. The number of aliphatic hydroxyl groups is 1. The molecule has 2 N–H and O–H groups in total. The molecule has 4 aromatic rings. The normalized spacial score (nSPS) is 14.0. The van der Waals surface area contributed by atoms with E-state index in [1.54, 1.807) is 4.90 Å². The third kappa shape index (κ3) is 3.42. The molecule has 0 fully saturated rings. The predicted octanol–water partition coefficient (Wildman–Crippen LogP) is 5.64. The summed E-state index contributed by atoms with van der Waals surface area (Å²) in [6.45, 7) is 0.717. The molecule has 6 heteroatoms. The number of amidine groups is 1. The molecule has 148 valence electrons. The monoisotopic (exact) mass is 413 g/mol. The molecule has 5 nitrogen and oxygen atoms in total. The zero-order valence-electron chi connectivity index (χ0n) is 16.1. The molecule has 0 saturated carbocycles. The lowest BCUT2D eigenvalue weighted by atomic mass is 10.2. The van der Waals surface area contributed by atoms with E-state index in [9.17, 15) is 5.11 Å². The van der Waals surface area contributed by atoms with Crippen LogP contribution < -0.4 is 9.64 Å². The maximum Gasteiger partial charge on any atom is 0.139 e. The number of benzene rings is 3. The Kier molecular flexibility index (Phi) is 4.69. The molecule has 1 aromatic heterocycles. The topological polar surface area (TPSA) is 69.4 Å². The number of aromatic nitrogens is 1. The molecular formula is C24H19N3O2S. The molecule has 5 rings (SSSR count). The Morgan fingerprint density at radius 3 is 2.63 bits per heavy atom. The Labute approximate surface area is 178 Å². The fraction of sp³-hybridized carbons (Fsp3) is 0.0833. The van der Waals surface area contributed by atoms with Crippen LogP contribution in [-0.4, -0.2) is 22.5 Å². The van der Waals surface area contributed by atoms with Crippen LogP contribution in [0.25, 0.3) is 15.8 Å². The van der Waals surface area contributed by atoms with Crippen LogP contribution in [0.15, 0.2) is 84.6 Å². The van der Waals surface area contributed by atoms with E-state index in [0.717, 1.165) is 27.2 Å². The summed E-state index contributed by atoms with van der Waals surface area (Å²) in [5.74, 6) is 1.12. The second kappa shape index (κ2) is 7.65. The number of rotatable bonds is 5. The van der Waals surface area contributed by atoms with Gasteiger partial charge in [0.1, 0.15) is 29.0 Å². The maximum absolute atomic E-state index is 10.6. The van der Waals surface area contributed by atoms with Crippen LogP contribution in [0.3, 0.4) is 0 Å². The smallest absolute Gasteiger partial charge is 0.139 e. The summed E-state index contributed by atoms with van der Waals surface area (Å²) in [5.41, 5.74) is 3.26. The van der Waals surface area contributed by atoms with E-state index in [1.165, 1.54) is 11.3 Å². The van der Waals surface area contributed by atoms with E-state index >= 15 is 0 Å². The summed E-state index contributed by atoms with van der Waals surface area (Å²) in [6.07, 6.45) is 0. The standard InChI is InChI=1S/C24H19N3O2S/c25-23-22(24-26-19-11-4-5-12-21(19)30-24)20(28)14-27(23)17-9-6-10-18(13-17)29-15-16-7-2-1-3-8-16/h1-13,25,28H,14-15H2. The van der Waals surface area contributed by atoms with Gasteiger partial charge in [0.15, 0.2) is 0 Å². The van der Waals surface area contributed by atoms with Gasteiger partial charge in [0.25, 0.3) is 0 Å². The van der Waals surface area contributed by atoms with Crippen molar-refractivity contribution in [3.8, 4) is 5.75 Å². The number of para-hydroxylation sites is 1. The molecule has 3 aromatic carbocycles. The highest BCUT2D eigenvalue weighted by Crippen LogP contribution is 2.35. The largest absolute Gasteiger partial charge is 0.510 e. The van der Waals surface area contributed by atoms with Crippen molar-refractivity contribution in [2.45, 2.75) is 6.61 Å². The van der Waals surface area contributed by atoms with E-state index in [2.05, 4.69) is 4.98 Å². The first kappa shape index (κ1) is 18.4. The maximum atomic E-state index is 10.6. The SMILES string of the molecule is N=C1C(c2nc3ccccc3s2)=C(O)CN1c1cccc(OCc2ccccc2)c1. The average molecular weight is 414 g/mol. The molecule has 2 heterocycles. The number of aliphatic hydroxyl groups excluding tert-OH is 1. The van der Waals surface area contributed by atoms with Gasteiger partial charge in [0.2, 0.25) is 0 Å². The van der Waals surface area contributed by atoms with E-state index in [0.29, 0.717) is 17.2 Å². The molecule has 0 unspecified atom stereocenters. The lowest BCUT2D eigenvalue weighted by Gasteiger charge is -2.19. The van der Waals surface area contributed by atoms with Gasteiger partial charge in [-0.2, -0.15) is 0 Å². The summed E-state index contributed by atoms with van der Waals surface area (Å²) in [5, 5.41) is 20.0. The van der Waals surface area contributed by atoms with E-state index in [4.69, 9.17) is 10.1 Å². The van der Waals surface area contributed by atoms with Gasteiger partial charge in [-0.3, -0.25) is 5.41 Å². The summed E-state index contributed by atoms with van der Waals surface area (Å²) < 4.78 is 6.96. The fourth-order valence-electron chi connectivity index (χ4n) is 3.49. The lowest BCUT2D eigenvalue weighted by Crippen LogP contribution is -2.26. The zero-order chi connectivity index (χ0) is 20.5. The molecule has 0 radical (unpaired) electrons. The Morgan fingerprint density at radius 2 is 1.80 bits per heavy atom. The highest BCUT2D eigenvalue weighted by molar-refractivity contribution is 7.19. The van der Waals surface area contributed by atoms with Crippen molar-refractivity contribution in [2.24, 2.45) is 0 Å². The van der Waals surface area contributed by atoms with Crippen LogP contribution in [0.1, 0.15) is 10.6 Å². The second-order valence-corrected chi connectivity index (χ2v) is 8.05. The third-order valence-corrected chi connectivity index (χ3v) is 6.04. The van der Waals surface area contributed by atoms with Crippen molar-refractivity contribution in [3.05, 3.63) is 95.2 Å². The van der Waals surface area contributed by atoms with Gasteiger partial charge >= 0.3 is 0 Å². The highest BCUT2D eigenvalue weighted by atomic mass is 32.1. The summed E-state index contributed by atoms with van der Waals surface area (Å²) >= 11 is 1.49. The average Bonchev–Trinajstić information content (AvgIpc) is 3.33. The van der Waals surface area contributed by atoms with Gasteiger partial charge < -0.3 is 14.7 Å². The molecule has 1 aliphatic heterocycles. The summed E-state index contributed by atoms with van der Waals surface area (Å²) in [4.78, 5) is 6.38. The van der Waals surface area contributed by atoms with Crippen molar-refractivity contribution < 1.29 is 9.84 Å². The number of nitrogens with one attached hydrogen (secondary N) is 1. The van der Waals surface area contributed by atoms with E-state index < -0.39 is 0 Å². The van der Waals surface area contributed by atoms with Crippen LogP contribution in [0.2, 0.25) is 0 Å². The minimum Gasteiger partial charge on any atom is -0.510 e. The molecule has 0 amide bonds. The minimum absolute atomic E-state index is 0.162. The minimum atomic E-state index is 0.162. The number of hydrogen-bond donors (Lipinski definition) is 2. The number of anilines is 1. The van der Waals surface area contributed by atoms with Crippen LogP contribution in [0.5, 0.6) is 5.75 Å². The first-order chi connectivity index (χ1) is 14.7. The predicted molar refractivity (Wildman–Crippen MR) is 121 cm³/mol. The number of fused-ring (bicyclic) bond motifs is 1. The molecule has 0 saturated heterocycles. The van der Waals surface area contributed by atoms with Gasteiger partial charge in [0.05, 0.1) is 22.3 Å². The van der Waals surface area contributed by atoms with Crippen molar-refractivity contribution in [2.75, 3.05) is 11.4 Å². The number of thiazole rings is 1. The Hall–Kier alpha value is -3.64. The highest BCUT2D eigenvalue weighted by Gasteiger charge is 2.31.